The quantitative estimate of drug-likeness (QED) is 0.802. The van der Waals surface area contributed by atoms with E-state index < -0.39 is 22.7 Å². The summed E-state index contributed by atoms with van der Waals surface area (Å²) in [5.74, 6) is 0. The van der Waals surface area contributed by atoms with Crippen molar-refractivity contribution in [2.45, 2.75) is 36.7 Å². The molecule has 3 rings (SSSR count). The summed E-state index contributed by atoms with van der Waals surface area (Å²) in [6, 6.07) is 8.13. The lowest BCUT2D eigenvalue weighted by atomic mass is 9.85. The Balaban J connectivity index is 2.03. The van der Waals surface area contributed by atoms with Gasteiger partial charge in [-0.25, -0.2) is 12.4 Å². The smallest absolute Gasteiger partial charge is 0.267 e. The average Bonchev–Trinajstić information content (AvgIpc) is 2.97. The van der Waals surface area contributed by atoms with E-state index in [9.17, 15) is 13.2 Å². The van der Waals surface area contributed by atoms with Crippen LogP contribution in [0.1, 0.15) is 27.4 Å². The van der Waals surface area contributed by atoms with E-state index in [4.69, 9.17) is 8.85 Å². The Morgan fingerprint density at radius 1 is 1.30 bits per heavy atom. The summed E-state index contributed by atoms with van der Waals surface area (Å²) in [4.78, 5) is 11.8. The van der Waals surface area contributed by atoms with Crippen molar-refractivity contribution in [2.75, 3.05) is 7.04 Å². The Bertz CT molecular complexity index is 932. The maximum absolute atomic E-state index is 13.0. The third-order valence-electron chi connectivity index (χ3n) is 4.33. The van der Waals surface area contributed by atoms with Crippen LogP contribution in [0.15, 0.2) is 41.4 Å². The number of hydrogen-bond acceptors (Lipinski definition) is 4. The molecule has 23 heavy (non-hydrogen) atoms. The number of fused-ring (bicyclic) bond motifs is 1. The van der Waals surface area contributed by atoms with E-state index in [1.807, 2.05) is 6.92 Å². The van der Waals surface area contributed by atoms with Crippen molar-refractivity contribution < 1.29 is 22.1 Å². The van der Waals surface area contributed by atoms with Gasteiger partial charge in [-0.2, -0.15) is 0 Å². The summed E-state index contributed by atoms with van der Waals surface area (Å²) in [5, 5.41) is 0. The molecule has 2 aromatic rings. The fourth-order valence-electron chi connectivity index (χ4n) is 2.88. The zero-order valence-corrected chi connectivity index (χ0v) is 13.5. The Morgan fingerprint density at radius 2 is 2.04 bits per heavy atom. The van der Waals surface area contributed by atoms with Gasteiger partial charge in [0.2, 0.25) is 0 Å². The van der Waals surface area contributed by atoms with Crippen molar-refractivity contribution in [2.24, 2.45) is 0 Å². The molecule has 1 aromatic carbocycles. The first-order chi connectivity index (χ1) is 12.1. The van der Waals surface area contributed by atoms with Gasteiger partial charge in [0.05, 0.1) is 9.01 Å². The van der Waals surface area contributed by atoms with Crippen LogP contribution in [-0.2, 0) is 32.4 Å². The Labute approximate surface area is 140 Å². The van der Waals surface area contributed by atoms with Gasteiger partial charge in [-0.05, 0) is 43.5 Å². The third-order valence-corrected chi connectivity index (χ3v) is 6.06. The van der Waals surface area contributed by atoms with Crippen LogP contribution in [0.3, 0.4) is 0 Å². The molecule has 1 aliphatic carbocycles. The number of aromatic nitrogens is 1. The first-order valence-electron chi connectivity index (χ1n) is 8.74. The minimum atomic E-state index is -3.85. The van der Waals surface area contributed by atoms with Gasteiger partial charge in [0.1, 0.15) is 5.60 Å². The minimum absolute atomic E-state index is 0.109. The molecule has 0 spiro atoms. The number of aryl methyl sites for hydroxylation is 2. The van der Waals surface area contributed by atoms with Crippen molar-refractivity contribution in [1.82, 2.24) is 3.97 Å². The number of nitrogens with zero attached hydrogens (tertiary/aromatic N) is 1. The molecule has 122 valence electrons. The van der Waals surface area contributed by atoms with Crippen LogP contribution in [0.4, 0.5) is 0 Å². The van der Waals surface area contributed by atoms with E-state index in [1.54, 1.807) is 18.2 Å². The summed E-state index contributed by atoms with van der Waals surface area (Å²) in [7, 11) is -6.60. The molecule has 1 aliphatic rings. The molecular formula is C17H19NO4S. The zero-order valence-electron chi connectivity index (χ0n) is 15.7. The van der Waals surface area contributed by atoms with Gasteiger partial charge in [0.25, 0.3) is 10.0 Å². The van der Waals surface area contributed by atoms with Crippen molar-refractivity contribution in [3.8, 4) is 0 Å². The zero-order chi connectivity index (χ0) is 19.2. The second-order valence-electron chi connectivity index (χ2n) is 5.86. The third kappa shape index (κ3) is 2.62. The van der Waals surface area contributed by atoms with Crippen LogP contribution >= 0.6 is 0 Å². The molecule has 1 atom stereocenters. The van der Waals surface area contributed by atoms with Gasteiger partial charge in [0, 0.05) is 25.3 Å². The minimum Gasteiger partial charge on any atom is -0.370 e. The van der Waals surface area contributed by atoms with Crippen molar-refractivity contribution in [3.63, 3.8) is 0 Å². The number of hydrogen-bond donors (Lipinski definition) is 0. The van der Waals surface area contributed by atoms with E-state index in [1.165, 1.54) is 18.3 Å². The van der Waals surface area contributed by atoms with Gasteiger partial charge in [0.15, 0.2) is 6.29 Å². The summed E-state index contributed by atoms with van der Waals surface area (Å²) < 4.78 is 54.0. The topological polar surface area (TPSA) is 65.4 Å². The molecule has 0 fully saturated rings. The molecule has 0 N–H and O–H groups in total. The van der Waals surface area contributed by atoms with E-state index in [0.717, 1.165) is 15.1 Å². The number of carbonyl (C=O) groups is 1. The molecule has 0 bridgehead atoms. The summed E-state index contributed by atoms with van der Waals surface area (Å²) in [6.45, 7) is 1.86. The number of carbonyl (C=O) groups excluding carboxylic acids is 1. The van der Waals surface area contributed by atoms with Crippen LogP contribution in [0.2, 0.25) is 0 Å². The predicted octanol–water partition coefficient (Wildman–Crippen LogP) is 2.11. The Kier molecular flexibility index (Phi) is 3.05. The van der Waals surface area contributed by atoms with Gasteiger partial charge < -0.3 is 9.53 Å². The van der Waals surface area contributed by atoms with Crippen LogP contribution < -0.4 is 0 Å². The normalized spacial score (nSPS) is 23.4. The molecule has 0 aliphatic heterocycles. The fraction of sp³-hybridized carbons (Fsp3) is 0.353. The van der Waals surface area contributed by atoms with Gasteiger partial charge in [-0.1, -0.05) is 17.7 Å². The second-order valence-corrected chi connectivity index (χ2v) is 7.68. The van der Waals surface area contributed by atoms with E-state index in [-0.39, 0.29) is 17.7 Å². The lowest BCUT2D eigenvalue weighted by molar-refractivity contribution is -0.129. The molecule has 0 saturated carbocycles. The highest BCUT2D eigenvalue weighted by Gasteiger charge is 2.37. The first-order valence-corrected chi connectivity index (χ1v) is 8.68. The summed E-state index contributed by atoms with van der Waals surface area (Å²) >= 11 is 0. The molecule has 0 saturated heterocycles. The highest BCUT2D eigenvalue weighted by molar-refractivity contribution is 7.90. The number of benzene rings is 1. The average molecular weight is 336 g/mol. The number of rotatable bonds is 4. The van der Waals surface area contributed by atoms with E-state index >= 15 is 0 Å². The van der Waals surface area contributed by atoms with Crippen molar-refractivity contribution >= 4 is 16.3 Å². The molecule has 1 unspecified atom stereocenters. The van der Waals surface area contributed by atoms with Crippen LogP contribution in [0.25, 0.3) is 0 Å². The largest absolute Gasteiger partial charge is 0.370 e. The standard InChI is InChI=1S/C17H19NO4S/c1-13-3-5-15(6-4-13)23(20,21)18-10-8-14-7-9-17(12-19,22-2)11-16(14)18/h3-6,8,10,12H,7,9,11H2,1-2H3/i2D3. The van der Waals surface area contributed by atoms with E-state index in [2.05, 4.69) is 0 Å². The van der Waals surface area contributed by atoms with Gasteiger partial charge in [-0.15, -0.1) is 0 Å². The monoisotopic (exact) mass is 336 g/mol. The van der Waals surface area contributed by atoms with Gasteiger partial charge in [-0.3, -0.25) is 0 Å². The maximum atomic E-state index is 13.0. The highest BCUT2D eigenvalue weighted by Crippen LogP contribution is 2.32. The van der Waals surface area contributed by atoms with Crippen LogP contribution in [0, 0.1) is 6.92 Å². The summed E-state index contributed by atoms with van der Waals surface area (Å²) in [5.41, 5.74) is 0.530. The molecule has 6 heteroatoms. The Morgan fingerprint density at radius 3 is 2.70 bits per heavy atom. The number of aldehydes is 1. The maximum Gasteiger partial charge on any atom is 0.267 e. The second kappa shape index (κ2) is 5.62. The molecule has 5 nitrogen and oxygen atoms in total. The van der Waals surface area contributed by atoms with Crippen LogP contribution in [-0.4, -0.2) is 31.3 Å². The molecular weight excluding hydrogens is 314 g/mol. The van der Waals surface area contributed by atoms with E-state index in [0.29, 0.717) is 18.4 Å². The lowest BCUT2D eigenvalue weighted by Crippen LogP contribution is -2.40. The van der Waals surface area contributed by atoms with Crippen molar-refractivity contribution in [3.05, 3.63) is 53.3 Å². The number of methoxy groups -OCH3 is 1. The van der Waals surface area contributed by atoms with Gasteiger partial charge >= 0.3 is 0 Å². The first kappa shape index (κ1) is 12.5. The molecule has 1 aromatic heterocycles. The van der Waals surface area contributed by atoms with Crippen molar-refractivity contribution in [1.29, 1.82) is 0 Å². The highest BCUT2D eigenvalue weighted by atomic mass is 32.2. The summed E-state index contributed by atoms with van der Waals surface area (Å²) in [6.07, 6.45) is 2.35. The fourth-order valence-corrected chi connectivity index (χ4v) is 4.28. The molecule has 0 amide bonds. The SMILES string of the molecule is [2H]C([2H])([2H])OC1(C=O)CCc2ccn(S(=O)(=O)c3ccc(C)cc3)c2C1. The predicted molar refractivity (Wildman–Crippen MR) is 86.0 cm³/mol. The lowest BCUT2D eigenvalue weighted by Gasteiger charge is -2.31. The Hall–Kier alpha value is -1.92. The molecule has 1 heterocycles. The van der Waals surface area contributed by atoms with Crippen LogP contribution in [0.5, 0.6) is 0 Å². The number of ether oxygens (including phenoxy) is 1. The molecule has 0 radical (unpaired) electrons.